The van der Waals surface area contributed by atoms with Crippen molar-refractivity contribution in [2.45, 2.75) is 13.5 Å². The molecule has 1 heterocycles. The van der Waals surface area contributed by atoms with E-state index < -0.39 is 0 Å². The Balaban J connectivity index is 1.46. The van der Waals surface area contributed by atoms with Crippen molar-refractivity contribution in [2.24, 2.45) is 4.99 Å². The third kappa shape index (κ3) is 6.73. The normalized spacial score (nSPS) is 15.2. The Hall–Kier alpha value is -2.64. The molecule has 1 saturated heterocycles. The first-order valence-corrected chi connectivity index (χ1v) is 9.91. The molecule has 0 radical (unpaired) electrons. The number of morpholine rings is 1. The van der Waals surface area contributed by atoms with Crippen molar-refractivity contribution >= 4 is 5.96 Å². The Bertz CT molecular complexity index is 805. The van der Waals surface area contributed by atoms with Crippen LogP contribution in [-0.4, -0.2) is 57.3 Å². The highest BCUT2D eigenvalue weighted by molar-refractivity contribution is 5.79. The highest BCUT2D eigenvalue weighted by Gasteiger charge is 2.10. The van der Waals surface area contributed by atoms with E-state index in [2.05, 4.69) is 26.6 Å². The molecule has 7 heteroatoms. The van der Waals surface area contributed by atoms with Gasteiger partial charge in [-0.1, -0.05) is 12.1 Å². The molecule has 6 nitrogen and oxygen atoms in total. The van der Waals surface area contributed by atoms with E-state index in [4.69, 9.17) is 9.47 Å². The first-order valence-electron chi connectivity index (χ1n) is 9.91. The third-order valence-corrected chi connectivity index (χ3v) is 4.79. The Labute approximate surface area is 171 Å². The molecule has 0 aromatic heterocycles. The molecule has 2 N–H and O–H groups in total. The number of aryl methyl sites for hydroxylation is 1. The Morgan fingerprint density at radius 2 is 1.90 bits per heavy atom. The summed E-state index contributed by atoms with van der Waals surface area (Å²) in [7, 11) is 1.77. The zero-order chi connectivity index (χ0) is 20.5. The standard InChI is InChI=1S/C22H29FN4O2/c1-17-15-18(3-8-21(17)29-20-6-4-19(23)5-7-20)16-26-22(24-2)25-9-10-27-11-13-28-14-12-27/h3-8,15H,9-14,16H2,1-2H3,(H2,24,25,26). The highest BCUT2D eigenvalue weighted by Crippen LogP contribution is 2.25. The van der Waals surface area contributed by atoms with Gasteiger partial charge in [-0.3, -0.25) is 9.89 Å². The molecule has 0 aliphatic carbocycles. The van der Waals surface area contributed by atoms with Crippen LogP contribution in [0.25, 0.3) is 0 Å². The number of nitrogens with one attached hydrogen (secondary N) is 2. The number of guanidine groups is 1. The third-order valence-electron chi connectivity index (χ3n) is 4.79. The van der Waals surface area contributed by atoms with Crippen molar-refractivity contribution in [1.82, 2.24) is 15.5 Å². The Morgan fingerprint density at radius 1 is 1.14 bits per heavy atom. The van der Waals surface area contributed by atoms with Crippen LogP contribution in [0.4, 0.5) is 4.39 Å². The van der Waals surface area contributed by atoms with Gasteiger partial charge in [-0.2, -0.15) is 0 Å². The predicted molar refractivity (Wildman–Crippen MR) is 113 cm³/mol. The summed E-state index contributed by atoms with van der Waals surface area (Å²) in [6, 6.07) is 12.0. The van der Waals surface area contributed by atoms with E-state index in [0.717, 1.165) is 62.2 Å². The number of hydrogen-bond donors (Lipinski definition) is 2. The summed E-state index contributed by atoms with van der Waals surface area (Å²) in [4.78, 5) is 6.67. The number of nitrogens with zero attached hydrogens (tertiary/aromatic N) is 2. The number of aliphatic imine (C=N–C) groups is 1. The minimum Gasteiger partial charge on any atom is -0.457 e. The molecule has 2 aromatic rings. The maximum Gasteiger partial charge on any atom is 0.191 e. The Kier molecular flexibility index (Phi) is 7.84. The fourth-order valence-electron chi connectivity index (χ4n) is 3.13. The van der Waals surface area contributed by atoms with Gasteiger partial charge in [-0.25, -0.2) is 4.39 Å². The van der Waals surface area contributed by atoms with Crippen LogP contribution < -0.4 is 15.4 Å². The summed E-state index contributed by atoms with van der Waals surface area (Å²) in [6.07, 6.45) is 0. The molecular weight excluding hydrogens is 371 g/mol. The van der Waals surface area contributed by atoms with Gasteiger partial charge >= 0.3 is 0 Å². The number of ether oxygens (including phenoxy) is 2. The van der Waals surface area contributed by atoms with Crippen molar-refractivity contribution in [2.75, 3.05) is 46.4 Å². The maximum atomic E-state index is 13.0. The minimum absolute atomic E-state index is 0.276. The summed E-state index contributed by atoms with van der Waals surface area (Å²) in [5.74, 6) is 1.88. The van der Waals surface area contributed by atoms with E-state index in [9.17, 15) is 4.39 Å². The van der Waals surface area contributed by atoms with Crippen molar-refractivity contribution < 1.29 is 13.9 Å². The summed E-state index contributed by atoms with van der Waals surface area (Å²) < 4.78 is 24.2. The fraction of sp³-hybridized carbons (Fsp3) is 0.409. The number of rotatable bonds is 7. The zero-order valence-electron chi connectivity index (χ0n) is 17.1. The van der Waals surface area contributed by atoms with Crippen molar-refractivity contribution in [3.8, 4) is 11.5 Å². The summed E-state index contributed by atoms with van der Waals surface area (Å²) >= 11 is 0. The second kappa shape index (κ2) is 10.8. The molecule has 0 amide bonds. The van der Waals surface area contributed by atoms with E-state index in [1.807, 2.05) is 19.1 Å². The van der Waals surface area contributed by atoms with E-state index in [1.165, 1.54) is 12.1 Å². The summed E-state index contributed by atoms with van der Waals surface area (Å²) in [5.41, 5.74) is 2.15. The lowest BCUT2D eigenvalue weighted by atomic mass is 10.1. The lowest BCUT2D eigenvalue weighted by molar-refractivity contribution is 0.0389. The van der Waals surface area contributed by atoms with Crippen molar-refractivity contribution in [1.29, 1.82) is 0 Å². The summed E-state index contributed by atoms with van der Waals surface area (Å²) in [5, 5.41) is 6.69. The van der Waals surface area contributed by atoms with Crippen molar-refractivity contribution in [3.63, 3.8) is 0 Å². The molecule has 3 rings (SSSR count). The number of halogens is 1. The van der Waals surface area contributed by atoms with Gasteiger partial charge in [-0.05, 0) is 48.4 Å². The molecule has 0 spiro atoms. The summed E-state index contributed by atoms with van der Waals surface area (Å²) in [6.45, 7) is 8.06. The van der Waals surface area contributed by atoms with E-state index in [1.54, 1.807) is 19.2 Å². The van der Waals surface area contributed by atoms with E-state index in [-0.39, 0.29) is 5.82 Å². The van der Waals surface area contributed by atoms with E-state index in [0.29, 0.717) is 12.3 Å². The van der Waals surface area contributed by atoms with Crippen LogP contribution in [0.3, 0.4) is 0 Å². The molecule has 0 bridgehead atoms. The van der Waals surface area contributed by atoms with Gasteiger partial charge in [-0.15, -0.1) is 0 Å². The van der Waals surface area contributed by atoms with E-state index >= 15 is 0 Å². The van der Waals surface area contributed by atoms with Crippen LogP contribution in [0.1, 0.15) is 11.1 Å². The number of hydrogen-bond acceptors (Lipinski definition) is 4. The average molecular weight is 400 g/mol. The van der Waals surface area contributed by atoms with Crippen LogP contribution in [-0.2, 0) is 11.3 Å². The molecular formula is C22H29FN4O2. The molecule has 0 atom stereocenters. The number of benzene rings is 2. The SMILES string of the molecule is CN=C(NCCN1CCOCC1)NCc1ccc(Oc2ccc(F)cc2)c(C)c1. The van der Waals surface area contributed by atoms with Crippen LogP contribution in [0.15, 0.2) is 47.5 Å². The monoisotopic (exact) mass is 400 g/mol. The molecule has 156 valence electrons. The van der Waals surface area contributed by atoms with Gasteiger partial charge in [0.2, 0.25) is 0 Å². The first kappa shape index (κ1) is 21.1. The zero-order valence-corrected chi connectivity index (χ0v) is 17.1. The van der Waals surface area contributed by atoms with Gasteiger partial charge in [0.15, 0.2) is 5.96 Å². The van der Waals surface area contributed by atoms with Gasteiger partial charge in [0.1, 0.15) is 17.3 Å². The lowest BCUT2D eigenvalue weighted by Crippen LogP contribution is -2.44. The van der Waals surface area contributed by atoms with Gasteiger partial charge < -0.3 is 20.1 Å². The fourth-order valence-corrected chi connectivity index (χ4v) is 3.13. The molecule has 1 aliphatic heterocycles. The molecule has 1 fully saturated rings. The molecule has 0 unspecified atom stereocenters. The van der Waals surface area contributed by atoms with Crippen LogP contribution in [0.5, 0.6) is 11.5 Å². The van der Waals surface area contributed by atoms with Gasteiger partial charge in [0.05, 0.1) is 13.2 Å². The quantitative estimate of drug-likeness (QED) is 0.553. The predicted octanol–water partition coefficient (Wildman–Crippen LogP) is 2.92. The van der Waals surface area contributed by atoms with Gasteiger partial charge in [0.25, 0.3) is 0 Å². The maximum absolute atomic E-state index is 13.0. The second-order valence-corrected chi connectivity index (χ2v) is 6.96. The van der Waals surface area contributed by atoms with Crippen LogP contribution in [0.2, 0.25) is 0 Å². The Morgan fingerprint density at radius 3 is 2.59 bits per heavy atom. The molecule has 29 heavy (non-hydrogen) atoms. The average Bonchev–Trinajstić information content (AvgIpc) is 2.74. The minimum atomic E-state index is -0.276. The molecule has 1 aliphatic rings. The molecule has 0 saturated carbocycles. The topological polar surface area (TPSA) is 58.1 Å². The largest absolute Gasteiger partial charge is 0.457 e. The van der Waals surface area contributed by atoms with Crippen LogP contribution in [0, 0.1) is 12.7 Å². The lowest BCUT2D eigenvalue weighted by Gasteiger charge is -2.26. The molecule has 2 aromatic carbocycles. The highest BCUT2D eigenvalue weighted by atomic mass is 19.1. The smallest absolute Gasteiger partial charge is 0.191 e. The van der Waals surface area contributed by atoms with Gasteiger partial charge in [0, 0.05) is 39.8 Å². The second-order valence-electron chi connectivity index (χ2n) is 6.96. The van der Waals surface area contributed by atoms with Crippen molar-refractivity contribution in [3.05, 3.63) is 59.4 Å². The first-order chi connectivity index (χ1) is 14.1. The van der Waals surface area contributed by atoms with Crippen LogP contribution >= 0.6 is 0 Å².